The van der Waals surface area contributed by atoms with Gasteiger partial charge < -0.3 is 19.3 Å². The Morgan fingerprint density at radius 3 is 2.43 bits per heavy atom. The molecule has 1 aromatic heterocycles. The van der Waals surface area contributed by atoms with E-state index in [0.717, 1.165) is 23.1 Å². The molecule has 1 aliphatic rings. The number of aromatic nitrogens is 1. The fourth-order valence-electron chi connectivity index (χ4n) is 4.97. The van der Waals surface area contributed by atoms with Gasteiger partial charge in [0.1, 0.15) is 18.1 Å². The standard InChI is InChI=1S/C34H32N2O7S/c1-4-7-27-29(33(40)42-5-2)30(24-8-6-9-26(19-24)41-3)36-31(37)28(44-34(36)35-27)18-21-12-16-25(17-13-21)43-20-22-10-14-23(15-11-22)32(38)39/h6,8-19,30H,4-5,7,20H2,1-3H3,(H,38,39)/b28-18+/t30-/m0/s1. The highest BCUT2D eigenvalue weighted by atomic mass is 32.1. The van der Waals surface area contributed by atoms with Crippen molar-refractivity contribution in [3.63, 3.8) is 0 Å². The van der Waals surface area contributed by atoms with Crippen molar-refractivity contribution in [2.24, 2.45) is 4.99 Å². The first-order valence-electron chi connectivity index (χ1n) is 14.2. The molecule has 44 heavy (non-hydrogen) atoms. The minimum Gasteiger partial charge on any atom is -0.497 e. The van der Waals surface area contributed by atoms with Gasteiger partial charge >= 0.3 is 11.9 Å². The molecule has 1 N–H and O–H groups in total. The third kappa shape index (κ3) is 6.50. The number of methoxy groups -OCH3 is 1. The minimum atomic E-state index is -0.975. The van der Waals surface area contributed by atoms with Gasteiger partial charge in [-0.05, 0) is 72.5 Å². The first kappa shape index (κ1) is 30.5. The van der Waals surface area contributed by atoms with E-state index in [1.165, 1.54) is 11.3 Å². The number of thiazole rings is 1. The maximum Gasteiger partial charge on any atom is 0.338 e. The van der Waals surface area contributed by atoms with E-state index in [2.05, 4.69) is 0 Å². The third-order valence-electron chi connectivity index (χ3n) is 7.09. The molecule has 0 bridgehead atoms. The number of carbonyl (C=O) groups is 2. The zero-order valence-corrected chi connectivity index (χ0v) is 25.4. The predicted octanol–water partition coefficient (Wildman–Crippen LogP) is 4.86. The van der Waals surface area contributed by atoms with Crippen molar-refractivity contribution in [3.05, 3.63) is 126 Å². The quantitative estimate of drug-likeness (QED) is 0.241. The number of allylic oxidation sites excluding steroid dienone is 1. The molecular weight excluding hydrogens is 580 g/mol. The maximum absolute atomic E-state index is 14.0. The first-order valence-corrected chi connectivity index (χ1v) is 15.1. The van der Waals surface area contributed by atoms with Crippen LogP contribution in [0, 0.1) is 0 Å². The van der Waals surface area contributed by atoms with E-state index in [-0.39, 0.29) is 24.3 Å². The molecule has 0 aliphatic carbocycles. The highest BCUT2D eigenvalue weighted by molar-refractivity contribution is 7.07. The van der Waals surface area contributed by atoms with Crippen LogP contribution in [0.5, 0.6) is 11.5 Å². The fourth-order valence-corrected chi connectivity index (χ4v) is 5.99. The number of rotatable bonds is 11. The molecule has 1 aliphatic heterocycles. The van der Waals surface area contributed by atoms with Crippen LogP contribution in [0.4, 0.5) is 0 Å². The van der Waals surface area contributed by atoms with Gasteiger partial charge in [0.05, 0.1) is 41.1 Å². The SMILES string of the molecule is CCCC1=C(C(=O)OCC)[C@H](c2cccc(OC)c2)n2c(s/c(=C/c3ccc(OCc4ccc(C(=O)O)cc4)cc3)c2=O)=N1. The number of benzene rings is 3. The molecular formula is C34H32N2O7S. The number of hydrogen-bond donors (Lipinski definition) is 1. The Kier molecular flexibility index (Phi) is 9.40. The van der Waals surface area contributed by atoms with Crippen molar-refractivity contribution in [2.45, 2.75) is 39.3 Å². The summed E-state index contributed by atoms with van der Waals surface area (Å²) in [6, 6.07) is 20.5. The van der Waals surface area contributed by atoms with E-state index >= 15 is 0 Å². The van der Waals surface area contributed by atoms with Crippen LogP contribution < -0.4 is 24.4 Å². The van der Waals surface area contributed by atoms with Gasteiger partial charge in [-0.25, -0.2) is 14.6 Å². The summed E-state index contributed by atoms with van der Waals surface area (Å²) in [5, 5.41) is 9.07. The number of carboxylic acids is 1. The Labute approximate surface area is 258 Å². The van der Waals surface area contributed by atoms with Crippen LogP contribution in [0.3, 0.4) is 0 Å². The normalized spacial score (nSPS) is 14.5. The smallest absolute Gasteiger partial charge is 0.338 e. The molecule has 0 unspecified atom stereocenters. The summed E-state index contributed by atoms with van der Waals surface area (Å²) < 4.78 is 18.8. The van der Waals surface area contributed by atoms with Gasteiger partial charge in [-0.3, -0.25) is 9.36 Å². The Morgan fingerprint density at radius 1 is 1.02 bits per heavy atom. The zero-order chi connectivity index (χ0) is 31.2. The van der Waals surface area contributed by atoms with Gasteiger partial charge in [0.2, 0.25) is 0 Å². The molecule has 0 saturated carbocycles. The number of aromatic carboxylic acids is 1. The van der Waals surface area contributed by atoms with Crippen LogP contribution in [-0.2, 0) is 16.1 Å². The molecule has 0 radical (unpaired) electrons. The Bertz CT molecular complexity index is 1890. The summed E-state index contributed by atoms with van der Waals surface area (Å²) >= 11 is 1.27. The van der Waals surface area contributed by atoms with Crippen LogP contribution in [0.15, 0.2) is 93.9 Å². The second kappa shape index (κ2) is 13.6. The van der Waals surface area contributed by atoms with Crippen LogP contribution >= 0.6 is 11.3 Å². The lowest BCUT2D eigenvalue weighted by atomic mass is 9.94. The summed E-state index contributed by atoms with van der Waals surface area (Å²) in [6.45, 7) is 4.25. The molecule has 10 heteroatoms. The van der Waals surface area contributed by atoms with Crippen LogP contribution in [0.1, 0.15) is 59.8 Å². The van der Waals surface area contributed by atoms with Crippen molar-refractivity contribution < 1.29 is 28.9 Å². The summed E-state index contributed by atoms with van der Waals surface area (Å²) in [5.41, 5.74) is 3.30. The van der Waals surface area contributed by atoms with Crippen LogP contribution in [0.2, 0.25) is 0 Å². The van der Waals surface area contributed by atoms with E-state index in [1.54, 1.807) is 48.9 Å². The van der Waals surface area contributed by atoms with Gasteiger partial charge in [-0.1, -0.05) is 61.1 Å². The summed E-state index contributed by atoms with van der Waals surface area (Å²) in [7, 11) is 1.57. The number of nitrogens with zero attached hydrogens (tertiary/aromatic N) is 2. The average molecular weight is 613 g/mol. The molecule has 0 saturated heterocycles. The number of carbonyl (C=O) groups excluding carboxylic acids is 1. The molecule has 3 aromatic carbocycles. The van der Waals surface area contributed by atoms with E-state index in [4.69, 9.17) is 24.3 Å². The van der Waals surface area contributed by atoms with Gasteiger partial charge in [0, 0.05) is 0 Å². The molecule has 0 amide bonds. The number of fused-ring (bicyclic) bond motifs is 1. The average Bonchev–Trinajstić information content (AvgIpc) is 3.34. The summed E-state index contributed by atoms with van der Waals surface area (Å²) in [4.78, 5) is 43.7. The van der Waals surface area contributed by atoms with E-state index in [9.17, 15) is 14.4 Å². The number of carboxylic acid groups (broad SMARTS) is 1. The van der Waals surface area contributed by atoms with Crippen LogP contribution in [-0.4, -0.2) is 35.3 Å². The maximum atomic E-state index is 14.0. The Balaban J connectivity index is 1.49. The van der Waals surface area contributed by atoms with Crippen molar-refractivity contribution in [1.82, 2.24) is 4.57 Å². The lowest BCUT2D eigenvalue weighted by Gasteiger charge is -2.26. The van der Waals surface area contributed by atoms with Gasteiger partial charge in [0.15, 0.2) is 4.80 Å². The largest absolute Gasteiger partial charge is 0.497 e. The zero-order valence-electron chi connectivity index (χ0n) is 24.6. The van der Waals surface area contributed by atoms with Crippen molar-refractivity contribution in [3.8, 4) is 11.5 Å². The highest BCUT2D eigenvalue weighted by Crippen LogP contribution is 2.34. The van der Waals surface area contributed by atoms with E-state index in [0.29, 0.717) is 38.5 Å². The molecule has 0 fully saturated rings. The molecule has 4 aromatic rings. The van der Waals surface area contributed by atoms with Crippen molar-refractivity contribution in [1.29, 1.82) is 0 Å². The first-order chi connectivity index (χ1) is 21.3. The summed E-state index contributed by atoms with van der Waals surface area (Å²) in [5.74, 6) is -0.221. The second-order valence-electron chi connectivity index (χ2n) is 10.0. The second-order valence-corrected chi connectivity index (χ2v) is 11.1. The van der Waals surface area contributed by atoms with E-state index in [1.807, 2.05) is 55.5 Å². The lowest BCUT2D eigenvalue weighted by Crippen LogP contribution is -2.40. The third-order valence-corrected chi connectivity index (χ3v) is 8.07. The fraction of sp³-hybridized carbons (Fsp3) is 0.235. The molecule has 1 atom stereocenters. The Hall–Kier alpha value is -4.96. The molecule has 9 nitrogen and oxygen atoms in total. The predicted molar refractivity (Wildman–Crippen MR) is 167 cm³/mol. The molecule has 226 valence electrons. The van der Waals surface area contributed by atoms with Crippen molar-refractivity contribution >= 4 is 29.4 Å². The molecule has 5 rings (SSSR count). The minimum absolute atomic E-state index is 0.202. The monoisotopic (exact) mass is 612 g/mol. The lowest BCUT2D eigenvalue weighted by molar-refractivity contribution is -0.139. The summed E-state index contributed by atoms with van der Waals surface area (Å²) in [6.07, 6.45) is 3.13. The Morgan fingerprint density at radius 2 is 1.77 bits per heavy atom. The number of ether oxygens (including phenoxy) is 3. The van der Waals surface area contributed by atoms with Crippen LogP contribution in [0.25, 0.3) is 6.08 Å². The highest BCUT2D eigenvalue weighted by Gasteiger charge is 2.34. The number of hydrogen-bond acceptors (Lipinski definition) is 8. The van der Waals surface area contributed by atoms with Gasteiger partial charge in [-0.2, -0.15) is 0 Å². The molecule has 2 heterocycles. The van der Waals surface area contributed by atoms with Gasteiger partial charge in [-0.15, -0.1) is 0 Å². The van der Waals surface area contributed by atoms with E-state index < -0.39 is 18.0 Å². The molecule has 0 spiro atoms. The number of esters is 1. The topological polar surface area (TPSA) is 116 Å². The van der Waals surface area contributed by atoms with Crippen molar-refractivity contribution in [2.75, 3.05) is 13.7 Å². The van der Waals surface area contributed by atoms with Gasteiger partial charge in [0.25, 0.3) is 5.56 Å².